The first-order valence-electron chi connectivity index (χ1n) is 5.07. The van der Waals surface area contributed by atoms with Crippen molar-refractivity contribution < 1.29 is 14.3 Å². The van der Waals surface area contributed by atoms with Gasteiger partial charge in [-0.2, -0.15) is 0 Å². The topological polar surface area (TPSA) is 60.5 Å². The minimum atomic E-state index is -0.477. The van der Waals surface area contributed by atoms with Crippen LogP contribution in [0.15, 0.2) is 22.9 Å². The molecule has 1 atom stereocenters. The Kier molecular flexibility index (Phi) is 5.54. The molecule has 5 nitrogen and oxygen atoms in total. The van der Waals surface area contributed by atoms with E-state index in [0.29, 0.717) is 10.2 Å². The molecule has 0 bridgehead atoms. The summed E-state index contributed by atoms with van der Waals surface area (Å²) in [6.07, 6.45) is 1.13. The minimum Gasteiger partial charge on any atom is -0.354 e. The highest BCUT2D eigenvalue weighted by Crippen LogP contribution is 2.12. The zero-order valence-corrected chi connectivity index (χ0v) is 11.5. The summed E-state index contributed by atoms with van der Waals surface area (Å²) < 4.78 is 10.6. The van der Waals surface area contributed by atoms with E-state index in [9.17, 15) is 4.79 Å². The summed E-state index contributed by atoms with van der Waals surface area (Å²) in [5, 5.41) is 2.78. The summed E-state index contributed by atoms with van der Waals surface area (Å²) in [6.45, 7) is 1.81. The van der Waals surface area contributed by atoms with Crippen molar-refractivity contribution in [2.24, 2.45) is 0 Å². The average molecular weight is 303 g/mol. The smallest absolute Gasteiger partial charge is 0.254 e. The van der Waals surface area contributed by atoms with Crippen LogP contribution in [-0.4, -0.2) is 37.4 Å². The number of hydrogen-bond donors (Lipinski definition) is 1. The van der Waals surface area contributed by atoms with Gasteiger partial charge in [-0.1, -0.05) is 0 Å². The Hall–Kier alpha value is -0.980. The van der Waals surface area contributed by atoms with Gasteiger partial charge >= 0.3 is 0 Å². The molecule has 1 N–H and O–H groups in total. The number of pyridine rings is 1. The number of hydrogen-bond acceptors (Lipinski definition) is 4. The maximum Gasteiger partial charge on any atom is 0.254 e. The van der Waals surface area contributed by atoms with Gasteiger partial charge in [-0.15, -0.1) is 0 Å². The predicted octanol–water partition coefficient (Wildman–Crippen LogP) is 1.58. The Morgan fingerprint density at radius 1 is 1.47 bits per heavy atom. The van der Waals surface area contributed by atoms with Gasteiger partial charge in [-0.25, -0.2) is 4.98 Å². The number of ether oxygens (including phenoxy) is 2. The molecule has 1 aromatic rings. The Bertz CT molecular complexity index is 383. The van der Waals surface area contributed by atoms with Crippen molar-refractivity contribution in [1.82, 2.24) is 10.3 Å². The molecule has 0 fully saturated rings. The maximum atomic E-state index is 11.9. The van der Waals surface area contributed by atoms with Crippen LogP contribution in [0.4, 0.5) is 0 Å². The molecular formula is C11H15BrN2O3. The first-order valence-corrected chi connectivity index (χ1v) is 5.86. The largest absolute Gasteiger partial charge is 0.354 e. The van der Waals surface area contributed by atoms with Crippen molar-refractivity contribution in [3.8, 4) is 0 Å². The summed E-state index contributed by atoms with van der Waals surface area (Å²) in [7, 11) is 3.05. The van der Waals surface area contributed by atoms with E-state index in [1.165, 1.54) is 14.2 Å². The molecule has 6 heteroatoms. The standard InChI is InChI=1S/C11H15BrN2O3/c1-7(11(16-2)17-3)14-10(15)8-5-4-6-13-9(8)12/h4-7,11H,1-3H3,(H,14,15). The van der Waals surface area contributed by atoms with E-state index in [1.54, 1.807) is 25.3 Å². The zero-order chi connectivity index (χ0) is 12.8. The molecule has 0 radical (unpaired) electrons. The van der Waals surface area contributed by atoms with Crippen molar-refractivity contribution in [2.75, 3.05) is 14.2 Å². The van der Waals surface area contributed by atoms with Gasteiger partial charge in [0.15, 0.2) is 6.29 Å². The van der Waals surface area contributed by atoms with Crippen LogP contribution in [0.1, 0.15) is 17.3 Å². The van der Waals surface area contributed by atoms with Crippen molar-refractivity contribution in [3.05, 3.63) is 28.5 Å². The second-order valence-corrected chi connectivity index (χ2v) is 4.19. The number of halogens is 1. The zero-order valence-electron chi connectivity index (χ0n) is 9.94. The lowest BCUT2D eigenvalue weighted by atomic mass is 10.2. The van der Waals surface area contributed by atoms with E-state index in [1.807, 2.05) is 0 Å². The molecule has 1 aromatic heterocycles. The second-order valence-electron chi connectivity index (χ2n) is 3.44. The number of carbonyl (C=O) groups excluding carboxylic acids is 1. The summed E-state index contributed by atoms with van der Waals surface area (Å²) >= 11 is 3.22. The lowest BCUT2D eigenvalue weighted by Gasteiger charge is -2.22. The third-order valence-corrected chi connectivity index (χ3v) is 2.87. The molecule has 94 valence electrons. The molecule has 0 saturated carbocycles. The predicted molar refractivity (Wildman–Crippen MR) is 66.7 cm³/mol. The Balaban J connectivity index is 2.70. The molecule has 0 aliphatic heterocycles. The average Bonchev–Trinajstić information content (AvgIpc) is 2.31. The van der Waals surface area contributed by atoms with Crippen LogP contribution in [0.25, 0.3) is 0 Å². The highest BCUT2D eigenvalue weighted by molar-refractivity contribution is 9.10. The van der Waals surface area contributed by atoms with Crippen molar-refractivity contribution in [2.45, 2.75) is 19.3 Å². The van der Waals surface area contributed by atoms with Crippen LogP contribution >= 0.6 is 15.9 Å². The first-order chi connectivity index (χ1) is 8.10. The SMILES string of the molecule is COC(OC)C(C)NC(=O)c1cccnc1Br. The van der Waals surface area contributed by atoms with E-state index in [-0.39, 0.29) is 11.9 Å². The number of rotatable bonds is 5. The number of aromatic nitrogens is 1. The molecule has 1 heterocycles. The Morgan fingerprint density at radius 3 is 2.65 bits per heavy atom. The number of carbonyl (C=O) groups is 1. The van der Waals surface area contributed by atoms with Gasteiger partial charge in [-0.05, 0) is 35.0 Å². The highest BCUT2D eigenvalue weighted by atomic mass is 79.9. The Morgan fingerprint density at radius 2 is 2.12 bits per heavy atom. The van der Waals surface area contributed by atoms with Gasteiger partial charge in [0.1, 0.15) is 4.60 Å². The molecule has 1 rings (SSSR count). The lowest BCUT2D eigenvalue weighted by molar-refractivity contribution is -0.117. The molecular weight excluding hydrogens is 288 g/mol. The molecule has 0 aromatic carbocycles. The lowest BCUT2D eigenvalue weighted by Crippen LogP contribution is -2.43. The van der Waals surface area contributed by atoms with Crippen LogP contribution < -0.4 is 5.32 Å². The van der Waals surface area contributed by atoms with Crippen LogP contribution in [0.5, 0.6) is 0 Å². The van der Waals surface area contributed by atoms with Gasteiger partial charge < -0.3 is 14.8 Å². The molecule has 0 saturated heterocycles. The molecule has 17 heavy (non-hydrogen) atoms. The van der Waals surface area contributed by atoms with Crippen LogP contribution in [-0.2, 0) is 9.47 Å². The molecule has 0 spiro atoms. The maximum absolute atomic E-state index is 11.9. The van der Waals surface area contributed by atoms with E-state index < -0.39 is 6.29 Å². The van der Waals surface area contributed by atoms with Crippen molar-refractivity contribution in [1.29, 1.82) is 0 Å². The number of nitrogens with one attached hydrogen (secondary N) is 1. The third kappa shape index (κ3) is 3.76. The fourth-order valence-corrected chi connectivity index (χ4v) is 1.84. The van der Waals surface area contributed by atoms with E-state index in [4.69, 9.17) is 9.47 Å². The van der Waals surface area contributed by atoms with Crippen LogP contribution in [0, 0.1) is 0 Å². The van der Waals surface area contributed by atoms with E-state index in [2.05, 4.69) is 26.2 Å². The molecule has 1 unspecified atom stereocenters. The summed E-state index contributed by atoms with van der Waals surface area (Å²) in [5.41, 5.74) is 0.477. The summed E-state index contributed by atoms with van der Waals surface area (Å²) in [4.78, 5) is 15.9. The molecule has 1 amide bonds. The Labute approximate surface area is 109 Å². The third-order valence-electron chi connectivity index (χ3n) is 2.24. The number of nitrogens with zero attached hydrogens (tertiary/aromatic N) is 1. The van der Waals surface area contributed by atoms with E-state index in [0.717, 1.165) is 0 Å². The fourth-order valence-electron chi connectivity index (χ4n) is 1.41. The van der Waals surface area contributed by atoms with Gasteiger partial charge in [0, 0.05) is 20.4 Å². The number of methoxy groups -OCH3 is 2. The second kappa shape index (κ2) is 6.68. The highest BCUT2D eigenvalue weighted by Gasteiger charge is 2.19. The summed E-state index contributed by atoms with van der Waals surface area (Å²) in [6, 6.07) is 3.13. The van der Waals surface area contributed by atoms with Crippen LogP contribution in [0.2, 0.25) is 0 Å². The molecule has 0 aliphatic rings. The normalized spacial score (nSPS) is 12.5. The van der Waals surface area contributed by atoms with Gasteiger partial charge in [0.2, 0.25) is 0 Å². The van der Waals surface area contributed by atoms with Crippen molar-refractivity contribution >= 4 is 21.8 Å². The molecule has 0 aliphatic carbocycles. The van der Waals surface area contributed by atoms with Gasteiger partial charge in [0.05, 0.1) is 11.6 Å². The summed E-state index contributed by atoms with van der Waals surface area (Å²) in [5.74, 6) is -0.225. The number of amides is 1. The first kappa shape index (κ1) is 14.1. The monoisotopic (exact) mass is 302 g/mol. The van der Waals surface area contributed by atoms with Crippen molar-refractivity contribution in [3.63, 3.8) is 0 Å². The van der Waals surface area contributed by atoms with Crippen LogP contribution in [0.3, 0.4) is 0 Å². The van der Waals surface area contributed by atoms with Gasteiger partial charge in [0.25, 0.3) is 5.91 Å². The fraction of sp³-hybridized carbons (Fsp3) is 0.455. The quantitative estimate of drug-likeness (QED) is 0.663. The van der Waals surface area contributed by atoms with E-state index >= 15 is 0 Å². The minimum absolute atomic E-state index is 0.225. The van der Waals surface area contributed by atoms with Gasteiger partial charge in [-0.3, -0.25) is 4.79 Å².